The summed E-state index contributed by atoms with van der Waals surface area (Å²) in [6.07, 6.45) is 1.31. The zero-order chi connectivity index (χ0) is 13.5. The highest BCUT2D eigenvalue weighted by Crippen LogP contribution is 2.13. The number of nitrogens with one attached hydrogen (secondary N) is 1. The Balaban J connectivity index is 2.76. The van der Waals surface area contributed by atoms with E-state index in [2.05, 4.69) is 5.32 Å². The van der Waals surface area contributed by atoms with Crippen LogP contribution in [0, 0.1) is 0 Å². The van der Waals surface area contributed by atoms with Gasteiger partial charge in [0.25, 0.3) is 0 Å². The quantitative estimate of drug-likeness (QED) is 0.703. The van der Waals surface area contributed by atoms with Crippen molar-refractivity contribution in [3.8, 4) is 0 Å². The van der Waals surface area contributed by atoms with Gasteiger partial charge in [0.1, 0.15) is 0 Å². The molecular formula is C13H18N2O3. The zero-order valence-corrected chi connectivity index (χ0v) is 10.3. The fourth-order valence-electron chi connectivity index (χ4n) is 1.62. The summed E-state index contributed by atoms with van der Waals surface area (Å²) in [7, 11) is 0. The number of carboxylic acids is 1. The van der Waals surface area contributed by atoms with E-state index in [4.69, 9.17) is 10.8 Å². The highest BCUT2D eigenvalue weighted by atomic mass is 16.4. The highest BCUT2D eigenvalue weighted by Gasteiger charge is 2.24. The smallest absolute Gasteiger partial charge is 0.330 e. The number of benzene rings is 1. The van der Waals surface area contributed by atoms with E-state index < -0.39 is 24.0 Å². The van der Waals surface area contributed by atoms with Crippen molar-refractivity contribution in [2.24, 2.45) is 5.73 Å². The Kier molecular flexibility index (Phi) is 5.32. The van der Waals surface area contributed by atoms with Gasteiger partial charge >= 0.3 is 5.97 Å². The minimum Gasteiger partial charge on any atom is -0.479 e. The molecule has 18 heavy (non-hydrogen) atoms. The molecule has 4 N–H and O–H groups in total. The van der Waals surface area contributed by atoms with Crippen molar-refractivity contribution in [3.05, 3.63) is 35.9 Å². The second-order valence-electron chi connectivity index (χ2n) is 4.09. The molecule has 0 aliphatic carbocycles. The molecule has 5 nitrogen and oxygen atoms in total. The summed E-state index contributed by atoms with van der Waals surface area (Å²) in [5, 5.41) is 11.6. The van der Waals surface area contributed by atoms with Gasteiger partial charge in [-0.1, -0.05) is 43.7 Å². The topological polar surface area (TPSA) is 92.4 Å². The third kappa shape index (κ3) is 3.85. The van der Waals surface area contributed by atoms with Gasteiger partial charge in [-0.15, -0.1) is 0 Å². The minimum atomic E-state index is -1.10. The lowest BCUT2D eigenvalue weighted by atomic mass is 10.1. The van der Waals surface area contributed by atoms with Gasteiger partial charge in [-0.3, -0.25) is 4.79 Å². The maximum atomic E-state index is 11.7. The number of hydrogen-bond acceptors (Lipinski definition) is 3. The molecule has 0 aliphatic heterocycles. The number of amides is 1. The first-order valence-electron chi connectivity index (χ1n) is 5.90. The average molecular weight is 250 g/mol. The summed E-state index contributed by atoms with van der Waals surface area (Å²) in [6, 6.07) is 6.83. The van der Waals surface area contributed by atoms with Crippen LogP contribution in [0.4, 0.5) is 0 Å². The molecule has 0 heterocycles. The minimum absolute atomic E-state index is 0.437. The molecule has 1 rings (SSSR count). The van der Waals surface area contributed by atoms with E-state index >= 15 is 0 Å². The Labute approximate surface area is 106 Å². The van der Waals surface area contributed by atoms with E-state index in [-0.39, 0.29) is 0 Å². The molecular weight excluding hydrogens is 232 g/mol. The molecule has 0 aliphatic rings. The van der Waals surface area contributed by atoms with Gasteiger partial charge in [-0.25, -0.2) is 4.79 Å². The molecule has 0 aromatic heterocycles. The molecule has 0 unspecified atom stereocenters. The van der Waals surface area contributed by atoms with Crippen LogP contribution in [-0.4, -0.2) is 23.0 Å². The SMILES string of the molecule is CCC[C@H](N)C(=O)N[C@H](C(=O)O)c1ccccc1. The number of hydrogen-bond donors (Lipinski definition) is 3. The first kappa shape index (κ1) is 14.2. The summed E-state index contributed by atoms with van der Waals surface area (Å²) in [5.74, 6) is -1.54. The van der Waals surface area contributed by atoms with Crippen LogP contribution in [0.5, 0.6) is 0 Å². The van der Waals surface area contributed by atoms with Gasteiger partial charge in [-0.05, 0) is 12.0 Å². The van der Waals surface area contributed by atoms with Crippen molar-refractivity contribution in [1.82, 2.24) is 5.32 Å². The number of carbonyl (C=O) groups excluding carboxylic acids is 1. The Morgan fingerprint density at radius 2 is 1.94 bits per heavy atom. The lowest BCUT2D eigenvalue weighted by molar-refractivity contribution is -0.142. The summed E-state index contributed by atoms with van der Waals surface area (Å²) >= 11 is 0. The van der Waals surface area contributed by atoms with E-state index in [9.17, 15) is 9.59 Å². The van der Waals surface area contributed by atoms with Crippen LogP contribution in [0.2, 0.25) is 0 Å². The summed E-state index contributed by atoms with van der Waals surface area (Å²) in [5.41, 5.74) is 6.18. The fourth-order valence-corrected chi connectivity index (χ4v) is 1.62. The van der Waals surface area contributed by atoms with E-state index in [0.717, 1.165) is 6.42 Å². The van der Waals surface area contributed by atoms with Crippen molar-refractivity contribution >= 4 is 11.9 Å². The van der Waals surface area contributed by atoms with E-state index in [1.165, 1.54) is 0 Å². The first-order chi connectivity index (χ1) is 8.56. The van der Waals surface area contributed by atoms with Crippen molar-refractivity contribution in [1.29, 1.82) is 0 Å². The standard InChI is InChI=1S/C13H18N2O3/c1-2-6-10(14)12(16)15-11(13(17)18)9-7-4-3-5-8-9/h3-5,7-8,10-11H,2,6,14H2,1H3,(H,15,16)(H,17,18)/t10-,11-/m0/s1. The van der Waals surface area contributed by atoms with Gasteiger partial charge in [0.2, 0.25) is 5.91 Å². The molecule has 98 valence electrons. The zero-order valence-electron chi connectivity index (χ0n) is 10.3. The Hall–Kier alpha value is -1.88. The monoisotopic (exact) mass is 250 g/mol. The Morgan fingerprint density at radius 1 is 1.33 bits per heavy atom. The second kappa shape index (κ2) is 6.76. The number of aliphatic carboxylic acids is 1. The van der Waals surface area contributed by atoms with Gasteiger partial charge in [0.05, 0.1) is 6.04 Å². The van der Waals surface area contributed by atoms with Crippen LogP contribution >= 0.6 is 0 Å². The Bertz CT molecular complexity index is 406. The van der Waals surface area contributed by atoms with Gasteiger partial charge in [-0.2, -0.15) is 0 Å². The van der Waals surface area contributed by atoms with E-state index in [0.29, 0.717) is 12.0 Å². The maximum absolute atomic E-state index is 11.7. The molecule has 2 atom stereocenters. The summed E-state index contributed by atoms with van der Waals surface area (Å²) in [4.78, 5) is 22.9. The van der Waals surface area contributed by atoms with Crippen molar-refractivity contribution < 1.29 is 14.7 Å². The molecule has 5 heteroatoms. The largest absolute Gasteiger partial charge is 0.479 e. The first-order valence-corrected chi connectivity index (χ1v) is 5.90. The third-order valence-corrected chi connectivity index (χ3v) is 2.60. The van der Waals surface area contributed by atoms with E-state index in [1.54, 1.807) is 30.3 Å². The summed E-state index contributed by atoms with van der Waals surface area (Å²) < 4.78 is 0. The van der Waals surface area contributed by atoms with Crippen LogP contribution < -0.4 is 11.1 Å². The van der Waals surface area contributed by atoms with Crippen molar-refractivity contribution in [2.45, 2.75) is 31.8 Å². The maximum Gasteiger partial charge on any atom is 0.330 e. The number of carboxylic acid groups (broad SMARTS) is 1. The molecule has 0 radical (unpaired) electrons. The molecule has 0 saturated heterocycles. The molecule has 1 amide bonds. The molecule has 0 bridgehead atoms. The molecule has 0 spiro atoms. The third-order valence-electron chi connectivity index (χ3n) is 2.60. The Morgan fingerprint density at radius 3 is 2.44 bits per heavy atom. The average Bonchev–Trinajstić information content (AvgIpc) is 2.36. The predicted molar refractivity (Wildman–Crippen MR) is 67.8 cm³/mol. The fraction of sp³-hybridized carbons (Fsp3) is 0.385. The lowest BCUT2D eigenvalue weighted by Gasteiger charge is -2.17. The molecule has 0 saturated carbocycles. The van der Waals surface area contributed by atoms with Gasteiger partial charge in [0.15, 0.2) is 6.04 Å². The van der Waals surface area contributed by atoms with Gasteiger partial charge < -0.3 is 16.2 Å². The lowest BCUT2D eigenvalue weighted by Crippen LogP contribution is -2.44. The van der Waals surface area contributed by atoms with Crippen LogP contribution in [0.3, 0.4) is 0 Å². The van der Waals surface area contributed by atoms with Crippen LogP contribution in [0.25, 0.3) is 0 Å². The van der Waals surface area contributed by atoms with Crippen LogP contribution in [0.15, 0.2) is 30.3 Å². The molecule has 1 aromatic rings. The normalized spacial score (nSPS) is 13.7. The van der Waals surface area contributed by atoms with Gasteiger partial charge in [0, 0.05) is 0 Å². The summed E-state index contributed by atoms with van der Waals surface area (Å²) in [6.45, 7) is 1.92. The van der Waals surface area contributed by atoms with Crippen LogP contribution in [0.1, 0.15) is 31.4 Å². The number of carbonyl (C=O) groups is 2. The van der Waals surface area contributed by atoms with Crippen LogP contribution in [-0.2, 0) is 9.59 Å². The van der Waals surface area contributed by atoms with Crippen molar-refractivity contribution in [2.75, 3.05) is 0 Å². The van der Waals surface area contributed by atoms with Crippen molar-refractivity contribution in [3.63, 3.8) is 0 Å². The number of rotatable bonds is 6. The predicted octanol–water partition coefficient (Wildman–Crippen LogP) is 1.06. The van der Waals surface area contributed by atoms with E-state index in [1.807, 2.05) is 6.92 Å². The molecule has 0 fully saturated rings. The highest BCUT2D eigenvalue weighted by molar-refractivity contribution is 5.87. The number of nitrogens with two attached hydrogens (primary N) is 1. The second-order valence-corrected chi connectivity index (χ2v) is 4.09. The molecule has 1 aromatic carbocycles.